The Morgan fingerprint density at radius 1 is 1.50 bits per heavy atom. The largest absolute Gasteiger partial charge is 0.392 e. The summed E-state index contributed by atoms with van der Waals surface area (Å²) in [5.74, 6) is 0.201. The van der Waals surface area contributed by atoms with Crippen LogP contribution in [0.15, 0.2) is 18.2 Å². The van der Waals surface area contributed by atoms with Crippen LogP contribution in [0.5, 0.6) is 0 Å². The standard InChI is InChI=1S/C11H14FNO/c12-9-3-4-10(8(5-9)6-14)11(13)7-1-2-7/h3-5,7,11,14H,1-2,6,13H2/t11-/m0/s1. The first-order valence-corrected chi connectivity index (χ1v) is 4.87. The van der Waals surface area contributed by atoms with E-state index >= 15 is 0 Å². The van der Waals surface area contributed by atoms with E-state index in [1.165, 1.54) is 12.1 Å². The summed E-state index contributed by atoms with van der Waals surface area (Å²) >= 11 is 0. The molecular formula is C11H14FNO. The van der Waals surface area contributed by atoms with Crippen LogP contribution in [-0.4, -0.2) is 5.11 Å². The third kappa shape index (κ3) is 1.79. The second kappa shape index (κ2) is 3.67. The normalized spacial score (nSPS) is 18.2. The first kappa shape index (κ1) is 9.62. The van der Waals surface area contributed by atoms with Crippen molar-refractivity contribution in [1.82, 2.24) is 0 Å². The van der Waals surface area contributed by atoms with E-state index in [9.17, 15) is 4.39 Å². The molecule has 3 heteroatoms. The van der Waals surface area contributed by atoms with Gasteiger partial charge in [0.1, 0.15) is 5.82 Å². The summed E-state index contributed by atoms with van der Waals surface area (Å²) in [5.41, 5.74) is 7.49. The topological polar surface area (TPSA) is 46.2 Å². The highest BCUT2D eigenvalue weighted by atomic mass is 19.1. The molecule has 0 saturated heterocycles. The van der Waals surface area contributed by atoms with Crippen molar-refractivity contribution >= 4 is 0 Å². The highest BCUT2D eigenvalue weighted by molar-refractivity contribution is 5.31. The highest BCUT2D eigenvalue weighted by Gasteiger charge is 2.30. The summed E-state index contributed by atoms with van der Waals surface area (Å²) < 4.78 is 12.9. The van der Waals surface area contributed by atoms with E-state index in [-0.39, 0.29) is 18.5 Å². The van der Waals surface area contributed by atoms with Gasteiger partial charge in [-0.15, -0.1) is 0 Å². The van der Waals surface area contributed by atoms with Crippen molar-refractivity contribution in [3.63, 3.8) is 0 Å². The third-order valence-corrected chi connectivity index (χ3v) is 2.76. The summed E-state index contributed by atoms with van der Waals surface area (Å²) in [7, 11) is 0. The second-order valence-corrected chi connectivity index (χ2v) is 3.86. The fourth-order valence-electron chi connectivity index (χ4n) is 1.75. The summed E-state index contributed by atoms with van der Waals surface area (Å²) in [4.78, 5) is 0. The molecule has 0 unspecified atom stereocenters. The fourth-order valence-corrected chi connectivity index (χ4v) is 1.75. The molecule has 0 heterocycles. The van der Waals surface area contributed by atoms with E-state index in [4.69, 9.17) is 10.8 Å². The van der Waals surface area contributed by atoms with Gasteiger partial charge in [-0.2, -0.15) is 0 Å². The van der Waals surface area contributed by atoms with Crippen molar-refractivity contribution in [2.75, 3.05) is 0 Å². The number of aliphatic hydroxyl groups excluding tert-OH is 1. The molecule has 2 rings (SSSR count). The molecule has 1 aromatic rings. The van der Waals surface area contributed by atoms with Crippen molar-refractivity contribution in [3.8, 4) is 0 Å². The molecule has 3 N–H and O–H groups in total. The van der Waals surface area contributed by atoms with E-state index in [0.29, 0.717) is 11.5 Å². The van der Waals surface area contributed by atoms with E-state index < -0.39 is 0 Å². The summed E-state index contributed by atoms with van der Waals surface area (Å²) in [6.45, 7) is -0.145. The lowest BCUT2D eigenvalue weighted by molar-refractivity contribution is 0.279. The number of hydrogen-bond donors (Lipinski definition) is 2. The van der Waals surface area contributed by atoms with Crippen LogP contribution >= 0.6 is 0 Å². The molecule has 0 bridgehead atoms. The summed E-state index contributed by atoms with van der Waals surface area (Å²) in [6.07, 6.45) is 2.28. The van der Waals surface area contributed by atoms with Crippen molar-refractivity contribution < 1.29 is 9.50 Å². The molecule has 1 atom stereocenters. The zero-order valence-electron chi connectivity index (χ0n) is 7.91. The second-order valence-electron chi connectivity index (χ2n) is 3.86. The van der Waals surface area contributed by atoms with Gasteiger partial charge in [-0.05, 0) is 42.0 Å². The monoisotopic (exact) mass is 195 g/mol. The maximum Gasteiger partial charge on any atom is 0.123 e. The zero-order chi connectivity index (χ0) is 10.1. The molecule has 1 saturated carbocycles. The van der Waals surface area contributed by atoms with Gasteiger partial charge in [-0.1, -0.05) is 6.07 Å². The molecule has 0 aliphatic heterocycles. The molecule has 2 nitrogen and oxygen atoms in total. The van der Waals surface area contributed by atoms with Gasteiger partial charge in [-0.3, -0.25) is 0 Å². The predicted octanol–water partition coefficient (Wildman–Crippen LogP) is 1.73. The van der Waals surface area contributed by atoms with Crippen LogP contribution in [0.25, 0.3) is 0 Å². The number of halogens is 1. The van der Waals surface area contributed by atoms with Gasteiger partial charge in [0.05, 0.1) is 6.61 Å². The van der Waals surface area contributed by atoms with Crippen molar-refractivity contribution in [2.24, 2.45) is 11.7 Å². The van der Waals surface area contributed by atoms with Gasteiger partial charge in [0.2, 0.25) is 0 Å². The molecule has 1 aliphatic rings. The van der Waals surface area contributed by atoms with Gasteiger partial charge in [-0.25, -0.2) is 4.39 Å². The molecular weight excluding hydrogens is 181 g/mol. The predicted molar refractivity (Wildman–Crippen MR) is 52.0 cm³/mol. The Hall–Kier alpha value is -0.930. The number of hydrogen-bond acceptors (Lipinski definition) is 2. The summed E-state index contributed by atoms with van der Waals surface area (Å²) in [6, 6.07) is 4.40. The Balaban J connectivity index is 2.30. The fraction of sp³-hybridized carbons (Fsp3) is 0.455. The van der Waals surface area contributed by atoms with Gasteiger partial charge in [0, 0.05) is 6.04 Å². The SMILES string of the molecule is N[C@H](c1ccc(F)cc1CO)C1CC1. The molecule has 1 fully saturated rings. The van der Waals surface area contributed by atoms with E-state index in [0.717, 1.165) is 18.4 Å². The van der Waals surface area contributed by atoms with Crippen LogP contribution in [0.2, 0.25) is 0 Å². The molecule has 1 aromatic carbocycles. The quantitative estimate of drug-likeness (QED) is 0.771. The molecule has 0 amide bonds. The molecule has 14 heavy (non-hydrogen) atoms. The van der Waals surface area contributed by atoms with Crippen LogP contribution in [0.1, 0.15) is 30.0 Å². The van der Waals surface area contributed by atoms with Crippen LogP contribution in [0.3, 0.4) is 0 Å². The highest BCUT2D eigenvalue weighted by Crippen LogP contribution is 2.40. The van der Waals surface area contributed by atoms with E-state index in [2.05, 4.69) is 0 Å². The van der Waals surface area contributed by atoms with Gasteiger partial charge in [0.15, 0.2) is 0 Å². The number of benzene rings is 1. The maximum absolute atomic E-state index is 12.9. The lowest BCUT2D eigenvalue weighted by Crippen LogP contribution is -2.14. The Labute approximate surface area is 82.5 Å². The number of aliphatic hydroxyl groups is 1. The minimum atomic E-state index is -0.319. The summed E-state index contributed by atoms with van der Waals surface area (Å²) in [5, 5.41) is 9.07. The number of nitrogens with two attached hydrogens (primary N) is 1. The molecule has 1 aliphatic carbocycles. The first-order chi connectivity index (χ1) is 6.72. The van der Waals surface area contributed by atoms with Crippen LogP contribution in [-0.2, 0) is 6.61 Å². The zero-order valence-corrected chi connectivity index (χ0v) is 7.91. The van der Waals surface area contributed by atoms with Crippen LogP contribution < -0.4 is 5.73 Å². The molecule has 0 radical (unpaired) electrons. The first-order valence-electron chi connectivity index (χ1n) is 4.87. The van der Waals surface area contributed by atoms with Crippen molar-refractivity contribution in [1.29, 1.82) is 0 Å². The van der Waals surface area contributed by atoms with E-state index in [1.54, 1.807) is 6.07 Å². The average Bonchev–Trinajstić information content (AvgIpc) is 3.00. The van der Waals surface area contributed by atoms with E-state index in [1.807, 2.05) is 0 Å². The van der Waals surface area contributed by atoms with Gasteiger partial charge >= 0.3 is 0 Å². The third-order valence-electron chi connectivity index (χ3n) is 2.76. The minimum Gasteiger partial charge on any atom is -0.392 e. The van der Waals surface area contributed by atoms with Crippen LogP contribution in [0.4, 0.5) is 4.39 Å². The van der Waals surface area contributed by atoms with Crippen molar-refractivity contribution in [3.05, 3.63) is 35.1 Å². The number of rotatable bonds is 3. The smallest absolute Gasteiger partial charge is 0.123 e. The van der Waals surface area contributed by atoms with Crippen LogP contribution in [0, 0.1) is 11.7 Å². The van der Waals surface area contributed by atoms with Crippen molar-refractivity contribution in [2.45, 2.75) is 25.5 Å². The maximum atomic E-state index is 12.9. The Morgan fingerprint density at radius 3 is 2.79 bits per heavy atom. The van der Waals surface area contributed by atoms with Gasteiger partial charge < -0.3 is 10.8 Å². The molecule has 0 aromatic heterocycles. The minimum absolute atomic E-state index is 0.0438. The lowest BCUT2D eigenvalue weighted by atomic mass is 9.98. The molecule has 76 valence electrons. The Bertz CT molecular complexity index is 336. The Morgan fingerprint density at radius 2 is 2.21 bits per heavy atom. The van der Waals surface area contributed by atoms with Gasteiger partial charge in [0.25, 0.3) is 0 Å². The molecule has 0 spiro atoms. The lowest BCUT2D eigenvalue weighted by Gasteiger charge is -2.14. The Kier molecular flexibility index (Phi) is 2.52. The average molecular weight is 195 g/mol.